The number of nitrogen functional groups attached to an aromatic ring is 1. The monoisotopic (exact) mass is 222 g/mol. The average Bonchev–Trinajstić information content (AvgIpc) is 2.24. The van der Waals surface area contributed by atoms with E-state index in [1.807, 2.05) is 0 Å². The van der Waals surface area contributed by atoms with Gasteiger partial charge in [0, 0.05) is 24.3 Å². The van der Waals surface area contributed by atoms with Crippen LogP contribution in [0.2, 0.25) is 0 Å². The number of primary amides is 1. The van der Waals surface area contributed by atoms with E-state index in [2.05, 4.69) is 10.6 Å². The number of hydrogen-bond donors (Lipinski definition) is 4. The third kappa shape index (κ3) is 3.87. The molecule has 0 heterocycles. The second-order valence-corrected chi connectivity index (χ2v) is 3.17. The molecule has 1 aromatic carbocycles. The van der Waals surface area contributed by atoms with Gasteiger partial charge < -0.3 is 22.1 Å². The molecule has 0 radical (unpaired) electrons. The highest BCUT2D eigenvalue weighted by Crippen LogP contribution is 2.05. The summed E-state index contributed by atoms with van der Waals surface area (Å²) in [6.45, 7) is 0.611. The number of hydrogen-bond acceptors (Lipinski definition) is 3. The molecule has 6 N–H and O–H groups in total. The van der Waals surface area contributed by atoms with E-state index < -0.39 is 6.03 Å². The van der Waals surface area contributed by atoms with Crippen LogP contribution in [0.4, 0.5) is 10.5 Å². The highest BCUT2D eigenvalue weighted by Gasteiger charge is 2.04. The number of urea groups is 1. The Bertz CT molecular complexity index is 392. The third-order valence-corrected chi connectivity index (χ3v) is 1.86. The molecule has 0 bridgehead atoms. The van der Waals surface area contributed by atoms with Gasteiger partial charge in [-0.3, -0.25) is 4.79 Å². The Kier molecular flexibility index (Phi) is 4.14. The first-order valence-corrected chi connectivity index (χ1v) is 4.76. The van der Waals surface area contributed by atoms with Crippen LogP contribution in [-0.4, -0.2) is 25.0 Å². The minimum absolute atomic E-state index is 0.237. The summed E-state index contributed by atoms with van der Waals surface area (Å²) in [5.74, 6) is -0.237. The lowest BCUT2D eigenvalue weighted by atomic mass is 10.2. The summed E-state index contributed by atoms with van der Waals surface area (Å²) in [6.07, 6.45) is 0. The van der Waals surface area contributed by atoms with Gasteiger partial charge in [-0.1, -0.05) is 6.07 Å². The molecule has 0 fully saturated rings. The molecular weight excluding hydrogens is 208 g/mol. The van der Waals surface area contributed by atoms with E-state index in [1.54, 1.807) is 24.3 Å². The maximum atomic E-state index is 11.5. The molecule has 1 rings (SSSR count). The van der Waals surface area contributed by atoms with Crippen LogP contribution in [0.25, 0.3) is 0 Å². The number of carbonyl (C=O) groups is 2. The van der Waals surface area contributed by atoms with Crippen LogP contribution in [0, 0.1) is 0 Å². The van der Waals surface area contributed by atoms with Gasteiger partial charge in [-0.15, -0.1) is 0 Å². The molecule has 3 amide bonds. The van der Waals surface area contributed by atoms with Gasteiger partial charge in [0.15, 0.2) is 0 Å². The fraction of sp³-hybridized carbons (Fsp3) is 0.200. The Balaban J connectivity index is 2.38. The van der Waals surface area contributed by atoms with E-state index >= 15 is 0 Å². The molecule has 0 saturated carbocycles. The highest BCUT2D eigenvalue weighted by atomic mass is 16.2. The number of nitrogens with one attached hydrogen (secondary N) is 2. The standard InChI is InChI=1S/C10H14N4O2/c11-8-3-1-2-7(6-8)9(15)13-4-5-14-10(12)16/h1-3,6H,4-5,11H2,(H,13,15)(H3,12,14,16). The molecular formula is C10H14N4O2. The Hall–Kier alpha value is -2.24. The van der Waals surface area contributed by atoms with Gasteiger partial charge in [-0.05, 0) is 18.2 Å². The second kappa shape index (κ2) is 5.59. The molecule has 0 unspecified atom stereocenters. The zero-order valence-corrected chi connectivity index (χ0v) is 8.69. The smallest absolute Gasteiger partial charge is 0.312 e. The largest absolute Gasteiger partial charge is 0.399 e. The number of rotatable bonds is 4. The molecule has 6 nitrogen and oxygen atoms in total. The van der Waals surface area contributed by atoms with Crippen molar-refractivity contribution in [1.82, 2.24) is 10.6 Å². The maximum absolute atomic E-state index is 11.5. The van der Waals surface area contributed by atoms with Gasteiger partial charge in [0.05, 0.1) is 0 Å². The minimum atomic E-state index is -0.613. The number of benzene rings is 1. The lowest BCUT2D eigenvalue weighted by Gasteiger charge is -2.05. The lowest BCUT2D eigenvalue weighted by Crippen LogP contribution is -2.37. The minimum Gasteiger partial charge on any atom is -0.399 e. The third-order valence-electron chi connectivity index (χ3n) is 1.86. The van der Waals surface area contributed by atoms with Crippen molar-refractivity contribution < 1.29 is 9.59 Å². The van der Waals surface area contributed by atoms with Gasteiger partial charge in [-0.25, -0.2) is 4.79 Å². The van der Waals surface area contributed by atoms with Crippen molar-refractivity contribution in [2.45, 2.75) is 0 Å². The van der Waals surface area contributed by atoms with Crippen molar-refractivity contribution >= 4 is 17.6 Å². The molecule has 0 aliphatic rings. The van der Waals surface area contributed by atoms with E-state index in [0.29, 0.717) is 24.3 Å². The Morgan fingerprint density at radius 1 is 1.19 bits per heavy atom. The highest BCUT2D eigenvalue weighted by molar-refractivity contribution is 5.94. The summed E-state index contributed by atoms with van der Waals surface area (Å²) in [4.78, 5) is 21.9. The molecule has 0 aliphatic carbocycles. The van der Waals surface area contributed by atoms with E-state index in [1.165, 1.54) is 0 Å². The molecule has 0 atom stereocenters. The van der Waals surface area contributed by atoms with Crippen LogP contribution in [0.1, 0.15) is 10.4 Å². The normalized spacial score (nSPS) is 9.50. The predicted molar refractivity (Wildman–Crippen MR) is 60.8 cm³/mol. The molecule has 16 heavy (non-hydrogen) atoms. The molecule has 0 spiro atoms. The summed E-state index contributed by atoms with van der Waals surface area (Å²) in [6, 6.07) is 6.03. The van der Waals surface area contributed by atoms with Crippen LogP contribution in [0.3, 0.4) is 0 Å². The number of amides is 3. The quantitative estimate of drug-likeness (QED) is 0.413. The molecule has 0 aliphatic heterocycles. The van der Waals surface area contributed by atoms with E-state index in [9.17, 15) is 9.59 Å². The maximum Gasteiger partial charge on any atom is 0.312 e. The van der Waals surface area contributed by atoms with Crippen molar-refractivity contribution in [2.24, 2.45) is 5.73 Å². The topological polar surface area (TPSA) is 110 Å². The number of anilines is 1. The summed E-state index contributed by atoms with van der Waals surface area (Å²) >= 11 is 0. The summed E-state index contributed by atoms with van der Waals surface area (Å²) < 4.78 is 0. The SMILES string of the molecule is NC(=O)NCCNC(=O)c1cccc(N)c1. The van der Waals surface area contributed by atoms with E-state index in [0.717, 1.165) is 0 Å². The van der Waals surface area contributed by atoms with Crippen molar-refractivity contribution in [2.75, 3.05) is 18.8 Å². The van der Waals surface area contributed by atoms with Gasteiger partial charge in [0.2, 0.25) is 0 Å². The first kappa shape index (κ1) is 11.8. The van der Waals surface area contributed by atoms with Crippen LogP contribution in [0.15, 0.2) is 24.3 Å². The predicted octanol–water partition coefficient (Wildman–Crippen LogP) is -0.333. The second-order valence-electron chi connectivity index (χ2n) is 3.17. The first-order valence-electron chi connectivity index (χ1n) is 4.76. The Morgan fingerprint density at radius 3 is 2.50 bits per heavy atom. The number of nitrogens with two attached hydrogens (primary N) is 2. The van der Waals surface area contributed by atoms with E-state index in [4.69, 9.17) is 11.5 Å². The van der Waals surface area contributed by atoms with Crippen LogP contribution in [-0.2, 0) is 0 Å². The van der Waals surface area contributed by atoms with Crippen molar-refractivity contribution in [3.63, 3.8) is 0 Å². The van der Waals surface area contributed by atoms with Crippen molar-refractivity contribution in [3.8, 4) is 0 Å². The Morgan fingerprint density at radius 2 is 1.88 bits per heavy atom. The van der Waals surface area contributed by atoms with Crippen molar-refractivity contribution in [1.29, 1.82) is 0 Å². The molecule has 1 aromatic rings. The van der Waals surface area contributed by atoms with Crippen LogP contribution < -0.4 is 22.1 Å². The first-order chi connectivity index (χ1) is 7.59. The fourth-order valence-electron chi connectivity index (χ4n) is 1.14. The Labute approximate surface area is 93.0 Å². The van der Waals surface area contributed by atoms with Crippen LogP contribution >= 0.6 is 0 Å². The number of carbonyl (C=O) groups excluding carboxylic acids is 2. The van der Waals surface area contributed by atoms with E-state index in [-0.39, 0.29) is 5.91 Å². The molecule has 0 aromatic heterocycles. The zero-order valence-electron chi connectivity index (χ0n) is 8.69. The molecule has 0 saturated heterocycles. The zero-order chi connectivity index (χ0) is 12.0. The van der Waals surface area contributed by atoms with Gasteiger partial charge in [0.25, 0.3) is 5.91 Å². The lowest BCUT2D eigenvalue weighted by molar-refractivity contribution is 0.0954. The van der Waals surface area contributed by atoms with Crippen LogP contribution in [0.5, 0.6) is 0 Å². The van der Waals surface area contributed by atoms with Gasteiger partial charge in [-0.2, -0.15) is 0 Å². The van der Waals surface area contributed by atoms with Crippen molar-refractivity contribution in [3.05, 3.63) is 29.8 Å². The molecule has 6 heteroatoms. The fourth-order valence-corrected chi connectivity index (χ4v) is 1.14. The van der Waals surface area contributed by atoms with Gasteiger partial charge in [0.1, 0.15) is 0 Å². The summed E-state index contributed by atoms with van der Waals surface area (Å²) in [5, 5.41) is 4.98. The van der Waals surface area contributed by atoms with Gasteiger partial charge >= 0.3 is 6.03 Å². The average molecular weight is 222 g/mol. The molecule has 86 valence electrons. The summed E-state index contributed by atoms with van der Waals surface area (Å²) in [7, 11) is 0. The summed E-state index contributed by atoms with van der Waals surface area (Å²) in [5.41, 5.74) is 11.4.